The van der Waals surface area contributed by atoms with Crippen molar-refractivity contribution in [2.24, 2.45) is 5.92 Å². The van der Waals surface area contributed by atoms with E-state index >= 15 is 0 Å². The molecule has 0 unspecified atom stereocenters. The van der Waals surface area contributed by atoms with E-state index in [2.05, 4.69) is 30.1 Å². The molecule has 1 saturated heterocycles. The van der Waals surface area contributed by atoms with Crippen LogP contribution in [0, 0.1) is 5.92 Å². The molecule has 1 fully saturated rings. The van der Waals surface area contributed by atoms with Crippen LogP contribution in [0.3, 0.4) is 0 Å². The van der Waals surface area contributed by atoms with Gasteiger partial charge in [-0.3, -0.25) is 4.90 Å². The Morgan fingerprint density at radius 2 is 1.84 bits per heavy atom. The highest BCUT2D eigenvalue weighted by atomic mass is 35.5. The first kappa shape index (κ1) is 15.1. The average molecular weight is 301 g/mol. The van der Waals surface area contributed by atoms with Crippen LogP contribution in [-0.2, 0) is 0 Å². The number of hydrogen-bond acceptors (Lipinski definition) is 2. The van der Waals surface area contributed by atoms with Gasteiger partial charge in [-0.2, -0.15) is 0 Å². The van der Waals surface area contributed by atoms with E-state index in [0.29, 0.717) is 22.0 Å². The van der Waals surface area contributed by atoms with Gasteiger partial charge < -0.3 is 5.32 Å². The summed E-state index contributed by atoms with van der Waals surface area (Å²) in [6.07, 6.45) is 1.15. The summed E-state index contributed by atoms with van der Waals surface area (Å²) in [7, 11) is 0. The number of hydrogen-bond donors (Lipinski definition) is 1. The number of benzene rings is 1. The largest absolute Gasteiger partial charge is 0.314 e. The van der Waals surface area contributed by atoms with Crippen molar-refractivity contribution < 1.29 is 0 Å². The second kappa shape index (κ2) is 6.94. The van der Waals surface area contributed by atoms with Crippen LogP contribution in [0.5, 0.6) is 0 Å². The maximum atomic E-state index is 6.17. The molecule has 1 N–H and O–H groups in total. The Labute approximate surface area is 126 Å². The van der Waals surface area contributed by atoms with E-state index in [0.717, 1.165) is 32.6 Å². The molecule has 1 aromatic carbocycles. The normalized spacial score (nSPS) is 18.8. The number of nitrogens with one attached hydrogen (secondary N) is 1. The first-order valence-electron chi connectivity index (χ1n) is 6.97. The third-order valence-electron chi connectivity index (χ3n) is 3.62. The van der Waals surface area contributed by atoms with E-state index < -0.39 is 0 Å². The van der Waals surface area contributed by atoms with E-state index in [1.165, 1.54) is 5.56 Å². The summed E-state index contributed by atoms with van der Waals surface area (Å²) in [6.45, 7) is 8.86. The van der Waals surface area contributed by atoms with Gasteiger partial charge in [-0.25, -0.2) is 0 Å². The minimum absolute atomic E-state index is 0.442. The van der Waals surface area contributed by atoms with Crippen molar-refractivity contribution in [1.29, 1.82) is 0 Å². The molecular formula is C15H22Cl2N2. The van der Waals surface area contributed by atoms with E-state index in [4.69, 9.17) is 23.2 Å². The fraction of sp³-hybridized carbons (Fsp3) is 0.600. The van der Waals surface area contributed by atoms with Crippen molar-refractivity contribution in [1.82, 2.24) is 10.2 Å². The molecule has 0 bridgehead atoms. The van der Waals surface area contributed by atoms with Gasteiger partial charge in [-0.1, -0.05) is 43.1 Å². The van der Waals surface area contributed by atoms with Gasteiger partial charge in [0, 0.05) is 32.2 Å². The summed E-state index contributed by atoms with van der Waals surface area (Å²) >= 11 is 12.2. The molecule has 0 aliphatic carbocycles. The lowest BCUT2D eigenvalue weighted by Gasteiger charge is -2.36. The minimum atomic E-state index is 0.442. The van der Waals surface area contributed by atoms with E-state index in [1.807, 2.05) is 12.1 Å². The van der Waals surface area contributed by atoms with Crippen molar-refractivity contribution in [2.45, 2.75) is 26.3 Å². The van der Waals surface area contributed by atoms with Crippen LogP contribution in [0.1, 0.15) is 31.9 Å². The van der Waals surface area contributed by atoms with Gasteiger partial charge in [0.25, 0.3) is 0 Å². The van der Waals surface area contributed by atoms with E-state index in [-0.39, 0.29) is 0 Å². The van der Waals surface area contributed by atoms with Crippen LogP contribution >= 0.6 is 23.2 Å². The first-order valence-corrected chi connectivity index (χ1v) is 7.73. The molecule has 4 heteroatoms. The Balaban J connectivity index is 2.22. The van der Waals surface area contributed by atoms with Crippen molar-refractivity contribution >= 4 is 23.2 Å². The highest BCUT2D eigenvalue weighted by Gasteiger charge is 2.23. The summed E-state index contributed by atoms with van der Waals surface area (Å²) in [5, 5.41) is 4.69. The zero-order chi connectivity index (χ0) is 13.8. The summed E-state index contributed by atoms with van der Waals surface area (Å²) in [4.78, 5) is 2.55. The maximum Gasteiger partial charge on any atom is 0.0595 e. The Morgan fingerprint density at radius 3 is 2.42 bits per heavy atom. The van der Waals surface area contributed by atoms with Crippen molar-refractivity contribution in [3.05, 3.63) is 33.8 Å². The van der Waals surface area contributed by atoms with Crippen molar-refractivity contribution in [2.75, 3.05) is 26.2 Å². The fourth-order valence-corrected chi connectivity index (χ4v) is 2.96. The minimum Gasteiger partial charge on any atom is -0.314 e. The lowest BCUT2D eigenvalue weighted by atomic mass is 9.95. The van der Waals surface area contributed by atoms with Crippen LogP contribution in [0.2, 0.25) is 10.0 Å². The first-order chi connectivity index (χ1) is 9.08. The lowest BCUT2D eigenvalue weighted by Crippen LogP contribution is -2.45. The molecule has 2 nitrogen and oxygen atoms in total. The highest BCUT2D eigenvalue weighted by molar-refractivity contribution is 6.42. The molecule has 1 atom stereocenters. The fourth-order valence-electron chi connectivity index (χ4n) is 2.66. The number of halogens is 2. The predicted molar refractivity (Wildman–Crippen MR) is 83.1 cm³/mol. The zero-order valence-corrected chi connectivity index (χ0v) is 13.1. The van der Waals surface area contributed by atoms with Crippen LogP contribution in [0.25, 0.3) is 0 Å². The van der Waals surface area contributed by atoms with Crippen molar-refractivity contribution in [3.63, 3.8) is 0 Å². The quantitative estimate of drug-likeness (QED) is 0.904. The Kier molecular flexibility index (Phi) is 5.52. The number of piperazine rings is 1. The van der Waals surface area contributed by atoms with Crippen LogP contribution < -0.4 is 5.32 Å². The second-order valence-corrected chi connectivity index (χ2v) is 6.42. The Morgan fingerprint density at radius 1 is 1.16 bits per heavy atom. The third-order valence-corrected chi connectivity index (χ3v) is 4.35. The topological polar surface area (TPSA) is 15.3 Å². The van der Waals surface area contributed by atoms with Gasteiger partial charge in [0.1, 0.15) is 0 Å². The third kappa shape index (κ3) is 4.09. The molecule has 1 heterocycles. The maximum absolute atomic E-state index is 6.17. The van der Waals surface area contributed by atoms with Crippen LogP contribution in [-0.4, -0.2) is 31.1 Å². The molecule has 0 aromatic heterocycles. The Hall–Kier alpha value is -0.280. The number of nitrogens with zero attached hydrogens (tertiary/aromatic N) is 1. The molecule has 19 heavy (non-hydrogen) atoms. The SMILES string of the molecule is CC(C)C[C@H](c1ccc(Cl)c(Cl)c1)N1CCNCC1. The number of rotatable bonds is 4. The molecule has 1 aliphatic heterocycles. The van der Waals surface area contributed by atoms with Gasteiger partial charge in [-0.15, -0.1) is 0 Å². The molecular weight excluding hydrogens is 279 g/mol. The summed E-state index contributed by atoms with van der Waals surface area (Å²) in [5.74, 6) is 0.661. The van der Waals surface area contributed by atoms with Crippen molar-refractivity contribution in [3.8, 4) is 0 Å². The van der Waals surface area contributed by atoms with Gasteiger partial charge in [0.05, 0.1) is 10.0 Å². The molecule has 1 aliphatic rings. The summed E-state index contributed by atoms with van der Waals surface area (Å²) in [6, 6.07) is 6.49. The highest BCUT2D eigenvalue weighted by Crippen LogP contribution is 2.32. The average Bonchev–Trinajstić information content (AvgIpc) is 2.40. The monoisotopic (exact) mass is 300 g/mol. The molecule has 2 rings (SSSR count). The van der Waals surface area contributed by atoms with E-state index in [9.17, 15) is 0 Å². The molecule has 0 amide bonds. The van der Waals surface area contributed by atoms with Crippen LogP contribution in [0.4, 0.5) is 0 Å². The van der Waals surface area contributed by atoms with Gasteiger partial charge >= 0.3 is 0 Å². The van der Waals surface area contributed by atoms with Gasteiger partial charge in [0.15, 0.2) is 0 Å². The second-order valence-electron chi connectivity index (χ2n) is 5.60. The summed E-state index contributed by atoms with van der Waals surface area (Å²) in [5.41, 5.74) is 1.28. The standard InChI is InChI=1S/C15H22Cl2N2/c1-11(2)9-15(19-7-5-18-6-8-19)12-3-4-13(16)14(17)10-12/h3-4,10-11,15,18H,5-9H2,1-2H3/t15-/m1/s1. The molecule has 1 aromatic rings. The van der Waals surface area contributed by atoms with Crippen LogP contribution in [0.15, 0.2) is 18.2 Å². The molecule has 106 valence electrons. The molecule has 0 spiro atoms. The van der Waals surface area contributed by atoms with Gasteiger partial charge in [0.2, 0.25) is 0 Å². The molecule has 0 saturated carbocycles. The predicted octanol–water partition coefficient (Wildman–Crippen LogP) is 3.99. The zero-order valence-electron chi connectivity index (χ0n) is 11.6. The van der Waals surface area contributed by atoms with Gasteiger partial charge in [-0.05, 0) is 30.0 Å². The smallest absolute Gasteiger partial charge is 0.0595 e. The molecule has 0 radical (unpaired) electrons. The van der Waals surface area contributed by atoms with E-state index in [1.54, 1.807) is 0 Å². The lowest BCUT2D eigenvalue weighted by molar-refractivity contribution is 0.154. The summed E-state index contributed by atoms with van der Waals surface area (Å²) < 4.78 is 0. The Bertz CT molecular complexity index is 415.